The monoisotopic (exact) mass is 248 g/mol. The molecule has 0 heterocycles. The third kappa shape index (κ3) is 3.10. The van der Waals surface area contributed by atoms with E-state index in [-0.39, 0.29) is 18.0 Å². The van der Waals surface area contributed by atoms with Crippen LogP contribution >= 0.6 is 0 Å². The molecular weight excluding hydrogens is 228 g/mol. The summed E-state index contributed by atoms with van der Waals surface area (Å²) in [5.41, 5.74) is 0.699. The van der Waals surface area contributed by atoms with E-state index < -0.39 is 0 Å². The quantitative estimate of drug-likeness (QED) is 0.726. The zero-order chi connectivity index (χ0) is 13.1. The fraction of sp³-hybridized carbons (Fsp3) is 0.533. The number of Topliss-reactive ketones (excluding diaryl/α,β-unsaturated/α-hetero) is 1. The first-order valence-electron chi connectivity index (χ1n) is 6.45. The van der Waals surface area contributed by atoms with E-state index in [1.54, 1.807) is 7.11 Å². The molecule has 1 aromatic carbocycles. The van der Waals surface area contributed by atoms with Gasteiger partial charge in [0.2, 0.25) is 0 Å². The maximum absolute atomic E-state index is 12.2. The summed E-state index contributed by atoms with van der Waals surface area (Å²) in [5.74, 6) is 1.28. The van der Waals surface area contributed by atoms with Gasteiger partial charge in [-0.2, -0.15) is 0 Å². The van der Waals surface area contributed by atoms with E-state index >= 15 is 0 Å². The molecule has 0 aliphatic heterocycles. The summed E-state index contributed by atoms with van der Waals surface area (Å²) >= 11 is 0. The van der Waals surface area contributed by atoms with Gasteiger partial charge in [-0.1, -0.05) is 0 Å². The summed E-state index contributed by atoms with van der Waals surface area (Å²) in [6.45, 7) is 3.96. The molecule has 1 aliphatic rings. The zero-order valence-electron chi connectivity index (χ0n) is 11.2. The third-order valence-electron chi connectivity index (χ3n) is 3.07. The van der Waals surface area contributed by atoms with Crippen molar-refractivity contribution in [2.75, 3.05) is 7.11 Å². The Morgan fingerprint density at radius 3 is 2.28 bits per heavy atom. The Hall–Kier alpha value is -1.35. The lowest BCUT2D eigenvalue weighted by Crippen LogP contribution is -2.25. The Bertz CT molecular complexity index is 404. The highest BCUT2D eigenvalue weighted by Gasteiger charge is 2.36. The Kier molecular flexibility index (Phi) is 4.02. The van der Waals surface area contributed by atoms with Gasteiger partial charge in [0.15, 0.2) is 5.78 Å². The summed E-state index contributed by atoms with van der Waals surface area (Å²) in [4.78, 5) is 12.2. The van der Waals surface area contributed by atoms with Crippen molar-refractivity contribution in [3.63, 3.8) is 0 Å². The van der Waals surface area contributed by atoms with Crippen LogP contribution in [-0.4, -0.2) is 25.1 Å². The minimum Gasteiger partial charge on any atom is -0.491 e. The highest BCUT2D eigenvalue weighted by Crippen LogP contribution is 2.35. The predicted octanol–water partition coefficient (Wildman–Crippen LogP) is 3.08. The first kappa shape index (κ1) is 13.1. The second-order valence-electron chi connectivity index (χ2n) is 5.05. The van der Waals surface area contributed by atoms with Crippen molar-refractivity contribution >= 4 is 5.78 Å². The predicted molar refractivity (Wildman–Crippen MR) is 70.1 cm³/mol. The largest absolute Gasteiger partial charge is 0.491 e. The lowest BCUT2D eigenvalue weighted by atomic mass is 10.0. The van der Waals surface area contributed by atoms with E-state index in [4.69, 9.17) is 9.47 Å². The molecule has 0 aromatic heterocycles. The number of ketones is 1. The van der Waals surface area contributed by atoms with Crippen molar-refractivity contribution in [1.82, 2.24) is 0 Å². The Labute approximate surface area is 108 Å². The fourth-order valence-corrected chi connectivity index (χ4v) is 2.05. The third-order valence-corrected chi connectivity index (χ3v) is 3.07. The fourth-order valence-electron chi connectivity index (χ4n) is 2.05. The Morgan fingerprint density at radius 2 is 1.83 bits per heavy atom. The zero-order valence-corrected chi connectivity index (χ0v) is 11.2. The van der Waals surface area contributed by atoms with Gasteiger partial charge in [0.25, 0.3) is 0 Å². The molecule has 3 heteroatoms. The standard InChI is InChI=1S/C15H20O3/c1-10(2)18-13-8-6-11(7-9-13)14(16)15(17-3)12-4-5-12/h6-10,12,15H,4-5H2,1-3H3. The van der Waals surface area contributed by atoms with Gasteiger partial charge in [-0.05, 0) is 56.9 Å². The van der Waals surface area contributed by atoms with Gasteiger partial charge in [-0.3, -0.25) is 4.79 Å². The van der Waals surface area contributed by atoms with Crippen molar-refractivity contribution in [2.24, 2.45) is 5.92 Å². The topological polar surface area (TPSA) is 35.5 Å². The van der Waals surface area contributed by atoms with Gasteiger partial charge in [-0.15, -0.1) is 0 Å². The number of methoxy groups -OCH3 is 1. The van der Waals surface area contributed by atoms with Gasteiger partial charge in [-0.25, -0.2) is 0 Å². The number of benzene rings is 1. The molecule has 0 bridgehead atoms. The van der Waals surface area contributed by atoms with E-state index in [9.17, 15) is 4.79 Å². The molecule has 1 unspecified atom stereocenters. The molecule has 0 N–H and O–H groups in total. The number of hydrogen-bond acceptors (Lipinski definition) is 3. The second-order valence-corrected chi connectivity index (χ2v) is 5.05. The lowest BCUT2D eigenvalue weighted by molar-refractivity contribution is 0.0540. The average Bonchev–Trinajstić information content (AvgIpc) is 3.14. The van der Waals surface area contributed by atoms with Crippen molar-refractivity contribution in [1.29, 1.82) is 0 Å². The first-order chi connectivity index (χ1) is 8.61. The van der Waals surface area contributed by atoms with Crippen LogP contribution in [0.3, 0.4) is 0 Å². The van der Waals surface area contributed by atoms with Gasteiger partial charge < -0.3 is 9.47 Å². The van der Waals surface area contributed by atoms with Crippen LogP contribution in [0.25, 0.3) is 0 Å². The SMILES string of the molecule is COC(C(=O)c1ccc(OC(C)C)cc1)C1CC1. The molecule has 2 rings (SSSR count). The van der Waals surface area contributed by atoms with Gasteiger partial charge >= 0.3 is 0 Å². The van der Waals surface area contributed by atoms with E-state index in [1.165, 1.54) is 0 Å². The van der Waals surface area contributed by atoms with Gasteiger partial charge in [0.1, 0.15) is 11.9 Å². The van der Waals surface area contributed by atoms with E-state index in [2.05, 4.69) is 0 Å². The van der Waals surface area contributed by atoms with Crippen LogP contribution in [0.1, 0.15) is 37.0 Å². The molecule has 98 valence electrons. The Balaban J connectivity index is 2.06. The van der Waals surface area contributed by atoms with Gasteiger partial charge in [0.05, 0.1) is 6.10 Å². The van der Waals surface area contributed by atoms with Crippen LogP contribution in [0.15, 0.2) is 24.3 Å². The molecule has 18 heavy (non-hydrogen) atoms. The summed E-state index contributed by atoms with van der Waals surface area (Å²) in [6, 6.07) is 7.31. The van der Waals surface area contributed by atoms with Crippen molar-refractivity contribution in [2.45, 2.75) is 38.9 Å². The molecule has 1 aliphatic carbocycles. The number of rotatable bonds is 6. The van der Waals surface area contributed by atoms with Gasteiger partial charge in [0, 0.05) is 12.7 Å². The summed E-state index contributed by atoms with van der Waals surface area (Å²) in [6.07, 6.45) is 2.06. The minimum absolute atomic E-state index is 0.0797. The van der Waals surface area contributed by atoms with E-state index in [1.807, 2.05) is 38.1 Å². The molecule has 0 radical (unpaired) electrons. The smallest absolute Gasteiger partial charge is 0.191 e. The van der Waals surface area contributed by atoms with Crippen molar-refractivity contribution in [3.05, 3.63) is 29.8 Å². The summed E-state index contributed by atoms with van der Waals surface area (Å²) in [7, 11) is 1.61. The summed E-state index contributed by atoms with van der Waals surface area (Å²) in [5, 5.41) is 0. The Morgan fingerprint density at radius 1 is 1.22 bits per heavy atom. The molecule has 1 aromatic rings. The molecule has 0 amide bonds. The van der Waals surface area contributed by atoms with Crippen LogP contribution in [0.5, 0.6) is 5.75 Å². The van der Waals surface area contributed by atoms with Crippen LogP contribution in [0.2, 0.25) is 0 Å². The van der Waals surface area contributed by atoms with Crippen LogP contribution in [0, 0.1) is 5.92 Å². The maximum atomic E-state index is 12.2. The number of carbonyl (C=O) groups excluding carboxylic acids is 1. The van der Waals surface area contributed by atoms with E-state index in [0.29, 0.717) is 11.5 Å². The minimum atomic E-state index is -0.276. The van der Waals surface area contributed by atoms with Crippen molar-refractivity contribution < 1.29 is 14.3 Å². The molecule has 0 saturated heterocycles. The molecule has 3 nitrogen and oxygen atoms in total. The van der Waals surface area contributed by atoms with Crippen LogP contribution < -0.4 is 4.74 Å². The number of carbonyl (C=O) groups is 1. The van der Waals surface area contributed by atoms with Crippen LogP contribution in [0.4, 0.5) is 0 Å². The molecule has 0 spiro atoms. The average molecular weight is 248 g/mol. The molecule has 1 fully saturated rings. The lowest BCUT2D eigenvalue weighted by Gasteiger charge is -2.14. The van der Waals surface area contributed by atoms with Crippen molar-refractivity contribution in [3.8, 4) is 5.75 Å². The highest BCUT2D eigenvalue weighted by molar-refractivity contribution is 6.00. The normalized spacial score (nSPS) is 16.7. The first-order valence-corrected chi connectivity index (χ1v) is 6.45. The second kappa shape index (κ2) is 5.53. The van der Waals surface area contributed by atoms with Crippen LogP contribution in [-0.2, 0) is 4.74 Å². The molecule has 1 atom stereocenters. The summed E-state index contributed by atoms with van der Waals surface area (Å²) < 4.78 is 10.9. The van der Waals surface area contributed by atoms with E-state index in [0.717, 1.165) is 18.6 Å². The number of ether oxygens (including phenoxy) is 2. The maximum Gasteiger partial charge on any atom is 0.191 e. The number of hydrogen-bond donors (Lipinski definition) is 0. The highest BCUT2D eigenvalue weighted by atomic mass is 16.5. The molecule has 1 saturated carbocycles. The molecular formula is C15H20O3.